The van der Waals surface area contributed by atoms with E-state index >= 15 is 0 Å². The van der Waals surface area contributed by atoms with Gasteiger partial charge in [0.15, 0.2) is 0 Å². The van der Waals surface area contributed by atoms with Gasteiger partial charge in [0, 0.05) is 25.2 Å². The molecule has 1 heterocycles. The topological polar surface area (TPSA) is 41.6 Å². The number of amides is 1. The van der Waals surface area contributed by atoms with Gasteiger partial charge in [-0.25, -0.2) is 4.79 Å². The molecule has 1 atom stereocenters. The van der Waals surface area contributed by atoms with Crippen LogP contribution in [0.2, 0.25) is 0 Å². The molecule has 2 rings (SSSR count). The number of hydrogen-bond acceptors (Lipinski definition) is 3. The summed E-state index contributed by atoms with van der Waals surface area (Å²) in [5, 5.41) is 3.41. The van der Waals surface area contributed by atoms with E-state index in [4.69, 9.17) is 11.2 Å². The quantitative estimate of drug-likeness (QED) is 0.807. The molecule has 0 aromatic heterocycles. The first-order valence-electron chi connectivity index (χ1n) is 7.17. The molecule has 0 aliphatic carbocycles. The van der Waals surface area contributed by atoms with Gasteiger partial charge in [0.1, 0.15) is 5.60 Å². The third kappa shape index (κ3) is 3.99. The van der Waals surface area contributed by atoms with E-state index in [2.05, 4.69) is 11.2 Å². The number of terminal acetylenes is 1. The summed E-state index contributed by atoms with van der Waals surface area (Å²) in [5.74, 6) is 2.70. The summed E-state index contributed by atoms with van der Waals surface area (Å²) in [6.07, 6.45) is 5.28. The summed E-state index contributed by atoms with van der Waals surface area (Å²) in [6, 6.07) is 7.85. The van der Waals surface area contributed by atoms with Crippen LogP contribution in [0.15, 0.2) is 24.3 Å². The number of hydrogen-bond donors (Lipinski definition) is 1. The maximum atomic E-state index is 12.2. The lowest BCUT2D eigenvalue weighted by molar-refractivity contribution is 0.0195. The Bertz CT molecular complexity index is 555. The Hall–Kier alpha value is -1.99. The molecule has 0 bridgehead atoms. The Balaban J connectivity index is 2.11. The number of nitrogens with one attached hydrogen (secondary N) is 1. The minimum atomic E-state index is -0.478. The summed E-state index contributed by atoms with van der Waals surface area (Å²) in [4.78, 5) is 13.9. The first-order chi connectivity index (χ1) is 9.90. The third-order valence-corrected chi connectivity index (χ3v) is 3.32. The highest BCUT2D eigenvalue weighted by molar-refractivity contribution is 5.68. The van der Waals surface area contributed by atoms with Gasteiger partial charge in [-0.1, -0.05) is 24.1 Å². The van der Waals surface area contributed by atoms with E-state index in [1.54, 1.807) is 4.90 Å². The maximum absolute atomic E-state index is 12.2. The Morgan fingerprint density at radius 3 is 2.81 bits per heavy atom. The van der Waals surface area contributed by atoms with Gasteiger partial charge >= 0.3 is 6.09 Å². The average Bonchev–Trinajstić information content (AvgIpc) is 2.45. The molecule has 1 aliphatic heterocycles. The van der Waals surface area contributed by atoms with Crippen molar-refractivity contribution in [2.45, 2.75) is 32.4 Å². The van der Waals surface area contributed by atoms with Crippen LogP contribution in [0.3, 0.4) is 0 Å². The highest BCUT2D eigenvalue weighted by Gasteiger charge is 2.28. The zero-order valence-corrected chi connectivity index (χ0v) is 12.8. The van der Waals surface area contributed by atoms with Gasteiger partial charge in [0.25, 0.3) is 0 Å². The Kier molecular flexibility index (Phi) is 4.54. The van der Waals surface area contributed by atoms with Crippen molar-refractivity contribution in [3.05, 3.63) is 35.4 Å². The number of ether oxygens (including phenoxy) is 1. The third-order valence-electron chi connectivity index (χ3n) is 3.32. The Morgan fingerprint density at radius 1 is 1.43 bits per heavy atom. The van der Waals surface area contributed by atoms with Gasteiger partial charge in [-0.15, -0.1) is 6.42 Å². The highest BCUT2D eigenvalue weighted by atomic mass is 16.6. The molecule has 112 valence electrons. The lowest BCUT2D eigenvalue weighted by Gasteiger charge is -2.35. The number of nitrogens with zero attached hydrogens (tertiary/aromatic N) is 1. The monoisotopic (exact) mass is 286 g/mol. The molecule has 4 heteroatoms. The molecular formula is C17H22N2O2. The van der Waals surface area contributed by atoms with Crippen LogP contribution in [0.5, 0.6) is 0 Å². The van der Waals surface area contributed by atoms with Gasteiger partial charge in [-0.3, -0.25) is 0 Å². The summed E-state index contributed by atoms with van der Waals surface area (Å²) < 4.78 is 5.44. The lowest BCUT2D eigenvalue weighted by Crippen LogP contribution is -2.49. The van der Waals surface area contributed by atoms with Crippen molar-refractivity contribution in [3.8, 4) is 12.3 Å². The van der Waals surface area contributed by atoms with E-state index in [-0.39, 0.29) is 12.1 Å². The van der Waals surface area contributed by atoms with Crippen molar-refractivity contribution in [2.75, 3.05) is 19.6 Å². The van der Waals surface area contributed by atoms with Gasteiger partial charge in [0.2, 0.25) is 0 Å². The van der Waals surface area contributed by atoms with Crippen molar-refractivity contribution in [3.63, 3.8) is 0 Å². The highest BCUT2D eigenvalue weighted by Crippen LogP contribution is 2.22. The first-order valence-corrected chi connectivity index (χ1v) is 7.17. The summed E-state index contributed by atoms with van der Waals surface area (Å²) >= 11 is 0. The molecule has 1 saturated heterocycles. The van der Waals surface area contributed by atoms with E-state index < -0.39 is 5.60 Å². The second kappa shape index (κ2) is 6.19. The number of carbonyl (C=O) groups is 1. The zero-order valence-electron chi connectivity index (χ0n) is 12.8. The molecule has 0 saturated carbocycles. The maximum Gasteiger partial charge on any atom is 0.410 e. The molecule has 21 heavy (non-hydrogen) atoms. The molecule has 1 unspecified atom stereocenters. The van der Waals surface area contributed by atoms with Gasteiger partial charge in [-0.2, -0.15) is 0 Å². The van der Waals surface area contributed by atoms with Crippen molar-refractivity contribution in [2.24, 2.45) is 0 Å². The first kappa shape index (κ1) is 15.4. The van der Waals surface area contributed by atoms with Crippen molar-refractivity contribution >= 4 is 6.09 Å². The fourth-order valence-electron chi connectivity index (χ4n) is 2.38. The number of carbonyl (C=O) groups excluding carboxylic acids is 1. The standard InChI is InChI=1S/C17H22N2O2/c1-5-13-8-6-7-9-14(13)15-12-19(11-10-18-15)16(20)21-17(2,3)4/h1,6-9,15,18H,10-12H2,2-4H3. The van der Waals surface area contributed by atoms with Crippen molar-refractivity contribution in [1.82, 2.24) is 10.2 Å². The SMILES string of the molecule is C#Cc1ccccc1C1CN(C(=O)OC(C)(C)C)CCN1. The van der Waals surface area contributed by atoms with Crippen molar-refractivity contribution < 1.29 is 9.53 Å². The Morgan fingerprint density at radius 2 is 2.14 bits per heavy atom. The van der Waals surface area contributed by atoms with E-state index in [1.165, 1.54) is 0 Å². The molecule has 1 N–H and O–H groups in total. The van der Waals surface area contributed by atoms with Gasteiger partial charge in [0.05, 0.1) is 6.04 Å². The van der Waals surface area contributed by atoms with Crippen LogP contribution >= 0.6 is 0 Å². The summed E-state index contributed by atoms with van der Waals surface area (Å²) in [7, 11) is 0. The second-order valence-electron chi connectivity index (χ2n) is 6.16. The van der Waals surface area contributed by atoms with E-state index in [0.717, 1.165) is 17.7 Å². The fourth-order valence-corrected chi connectivity index (χ4v) is 2.38. The van der Waals surface area contributed by atoms with Crippen LogP contribution in [-0.2, 0) is 4.74 Å². The van der Waals surface area contributed by atoms with Gasteiger partial charge < -0.3 is 15.0 Å². The number of piperazine rings is 1. The molecule has 4 nitrogen and oxygen atoms in total. The zero-order chi connectivity index (χ0) is 15.5. The van der Waals surface area contributed by atoms with Crippen molar-refractivity contribution in [1.29, 1.82) is 0 Å². The van der Waals surface area contributed by atoms with Gasteiger partial charge in [-0.05, 0) is 32.4 Å². The molecule has 1 fully saturated rings. The van der Waals surface area contributed by atoms with Crippen LogP contribution in [-0.4, -0.2) is 36.2 Å². The second-order valence-corrected chi connectivity index (χ2v) is 6.16. The minimum Gasteiger partial charge on any atom is -0.444 e. The molecule has 1 aliphatic rings. The lowest BCUT2D eigenvalue weighted by atomic mass is 9.99. The predicted octanol–water partition coefficient (Wildman–Crippen LogP) is 2.55. The predicted molar refractivity (Wildman–Crippen MR) is 82.9 cm³/mol. The van der Waals surface area contributed by atoms with Crippen LogP contribution in [0, 0.1) is 12.3 Å². The smallest absolute Gasteiger partial charge is 0.410 e. The normalized spacial score (nSPS) is 19.0. The fraction of sp³-hybridized carbons (Fsp3) is 0.471. The van der Waals surface area contributed by atoms with Crippen LogP contribution in [0.4, 0.5) is 4.79 Å². The molecule has 1 aromatic rings. The van der Waals surface area contributed by atoms with E-state index in [9.17, 15) is 4.79 Å². The number of benzene rings is 1. The summed E-state index contributed by atoms with van der Waals surface area (Å²) in [6.45, 7) is 7.55. The van der Waals surface area contributed by atoms with Crippen LogP contribution < -0.4 is 5.32 Å². The molecule has 1 aromatic carbocycles. The molecule has 0 spiro atoms. The molecular weight excluding hydrogens is 264 g/mol. The van der Waals surface area contributed by atoms with E-state index in [1.807, 2.05) is 45.0 Å². The molecule has 1 amide bonds. The molecule has 0 radical (unpaired) electrons. The largest absolute Gasteiger partial charge is 0.444 e. The van der Waals surface area contributed by atoms with E-state index in [0.29, 0.717) is 13.1 Å². The minimum absolute atomic E-state index is 0.0403. The average molecular weight is 286 g/mol. The summed E-state index contributed by atoms with van der Waals surface area (Å²) in [5.41, 5.74) is 1.43. The number of rotatable bonds is 1. The van der Waals surface area contributed by atoms with Crippen LogP contribution in [0.1, 0.15) is 37.9 Å². The Labute approximate surface area is 126 Å². The van der Waals surface area contributed by atoms with Crippen LogP contribution in [0.25, 0.3) is 0 Å².